The van der Waals surface area contributed by atoms with Crippen LogP contribution in [0.3, 0.4) is 0 Å². The Labute approximate surface area is 518 Å². The van der Waals surface area contributed by atoms with Crippen molar-refractivity contribution in [3.8, 4) is 0 Å². The van der Waals surface area contributed by atoms with Gasteiger partial charge in [0.15, 0.2) is 6.10 Å². The summed E-state index contributed by atoms with van der Waals surface area (Å²) in [5, 5.41) is 0. The van der Waals surface area contributed by atoms with E-state index in [1.54, 1.807) is 0 Å². The molecule has 0 radical (unpaired) electrons. The van der Waals surface area contributed by atoms with Gasteiger partial charge in [-0.1, -0.05) is 258 Å². The minimum Gasteiger partial charge on any atom is -0.462 e. The molecule has 0 aliphatic carbocycles. The van der Waals surface area contributed by atoms with Gasteiger partial charge in [0.05, 0.1) is 13.2 Å². The molecule has 0 bridgehead atoms. The number of rotatable bonds is 57. The highest BCUT2D eigenvalue weighted by molar-refractivity contribution is 7.47. The summed E-state index contributed by atoms with van der Waals surface area (Å²) in [6, 6.07) is 0. The van der Waals surface area contributed by atoms with Crippen LogP contribution in [-0.4, -0.2) is 49.3 Å². The van der Waals surface area contributed by atoms with E-state index in [4.69, 9.17) is 24.3 Å². The number of carbonyl (C=O) groups is 2. The van der Waals surface area contributed by atoms with Crippen LogP contribution in [0.1, 0.15) is 206 Å². The Hall–Kier alpha value is -5.67. The number of unbranched alkanes of at least 4 members (excludes halogenated alkanes) is 8. The summed E-state index contributed by atoms with van der Waals surface area (Å²) >= 11 is 0. The molecule has 0 aliphatic rings. The average Bonchev–Trinajstić information content (AvgIpc) is 3.53. The van der Waals surface area contributed by atoms with Gasteiger partial charge in [-0.2, -0.15) is 0 Å². The third-order valence-corrected chi connectivity index (χ3v) is 13.3. The third kappa shape index (κ3) is 67.3. The second kappa shape index (κ2) is 67.5. The molecule has 85 heavy (non-hydrogen) atoms. The van der Waals surface area contributed by atoms with Gasteiger partial charge in [0.1, 0.15) is 6.61 Å². The summed E-state index contributed by atoms with van der Waals surface area (Å²) in [6.07, 6.45) is 106. The van der Waals surface area contributed by atoms with E-state index in [1.807, 2.05) is 0 Å². The van der Waals surface area contributed by atoms with Crippen molar-refractivity contribution in [3.63, 3.8) is 0 Å². The Morgan fingerprint density at radius 3 is 0.929 bits per heavy atom. The number of phosphoric acid groups is 1. The summed E-state index contributed by atoms with van der Waals surface area (Å²) in [5.74, 6) is -0.917. The number of allylic oxidation sites excluding steroid dienone is 36. The maximum Gasteiger partial charge on any atom is 0.472 e. The van der Waals surface area contributed by atoms with E-state index in [2.05, 4.69) is 233 Å². The van der Waals surface area contributed by atoms with Crippen molar-refractivity contribution in [1.82, 2.24) is 0 Å². The largest absolute Gasteiger partial charge is 0.472 e. The fraction of sp³-hybridized carbons (Fsp3) is 0.493. The number of esters is 2. The summed E-state index contributed by atoms with van der Waals surface area (Å²) in [4.78, 5) is 35.3. The van der Waals surface area contributed by atoms with Crippen molar-refractivity contribution in [2.45, 2.75) is 213 Å². The number of phosphoric ester groups is 1. The van der Waals surface area contributed by atoms with Crippen LogP contribution < -0.4 is 5.73 Å². The van der Waals surface area contributed by atoms with Crippen LogP contribution in [0.25, 0.3) is 0 Å². The predicted molar refractivity (Wildman–Crippen MR) is 366 cm³/mol. The summed E-state index contributed by atoms with van der Waals surface area (Å²) in [6.45, 7) is 3.41. The fourth-order valence-corrected chi connectivity index (χ4v) is 8.44. The van der Waals surface area contributed by atoms with E-state index in [0.29, 0.717) is 12.8 Å². The topological polar surface area (TPSA) is 134 Å². The molecule has 0 saturated carbocycles. The molecule has 0 fully saturated rings. The van der Waals surface area contributed by atoms with E-state index in [1.165, 1.54) is 0 Å². The molecule has 0 aromatic carbocycles. The maximum absolute atomic E-state index is 12.7. The summed E-state index contributed by atoms with van der Waals surface area (Å²) < 4.78 is 33.0. The average molecular weight is 1190 g/mol. The molecule has 0 amide bonds. The van der Waals surface area contributed by atoms with Gasteiger partial charge >= 0.3 is 19.8 Å². The normalized spacial score (nSPS) is 14.4. The summed E-state index contributed by atoms with van der Waals surface area (Å²) in [7, 11) is -4.43. The van der Waals surface area contributed by atoms with E-state index in [-0.39, 0.29) is 32.6 Å². The van der Waals surface area contributed by atoms with Gasteiger partial charge < -0.3 is 20.1 Å². The lowest BCUT2D eigenvalue weighted by Gasteiger charge is -2.19. The monoisotopic (exact) mass is 1190 g/mol. The van der Waals surface area contributed by atoms with E-state index in [9.17, 15) is 19.0 Å². The molecule has 9 nitrogen and oxygen atoms in total. The van der Waals surface area contributed by atoms with Crippen molar-refractivity contribution < 1.29 is 37.6 Å². The number of ether oxygens (including phenoxy) is 2. The molecule has 2 unspecified atom stereocenters. The Balaban J connectivity index is 4.15. The third-order valence-electron chi connectivity index (χ3n) is 12.4. The van der Waals surface area contributed by atoms with E-state index >= 15 is 0 Å². The standard InChI is InChI=1S/C75H114NO8P/c1-3-5-7-9-11-13-15-17-19-21-23-25-27-29-30-31-32-33-34-35-36-37-38-39-40-41-42-44-46-48-50-52-54-56-58-60-62-64-66-68-75(78)84-73(72-83-85(79,80)82-70-69-76)71-81-74(77)67-65-63-61-59-57-55-53-51-49-47-45-43-28-26-24-22-20-18-16-14-12-10-8-6-4-2/h5-8,11-14,17-20,23-26,29-30,32-33,35-36,38-39,41-43,45-46,48-49,51-52,54,58,60,73H,3-4,9-10,15-16,21-22,27-28,31,34,37,40,44,47,50,53,55-57,59,61-72,76H2,1-2H3,(H,79,80)/b7-5-,8-6-,13-11-,14-12-,19-17-,20-18-,25-23-,26-24-,30-29-,33-32-,36-35-,39-38-,42-41-,45-43-,48-46-,51-49-,54-52-,60-58-. The molecule has 472 valence electrons. The number of carbonyl (C=O) groups excluding carboxylic acids is 2. The predicted octanol–water partition coefficient (Wildman–Crippen LogP) is 21.3. The zero-order valence-electron chi connectivity index (χ0n) is 52.7. The second-order valence-corrected chi connectivity index (χ2v) is 21.6. The molecule has 0 heterocycles. The van der Waals surface area contributed by atoms with Crippen LogP contribution in [0.2, 0.25) is 0 Å². The highest BCUT2D eigenvalue weighted by Gasteiger charge is 2.26. The van der Waals surface area contributed by atoms with Gasteiger partial charge in [-0.3, -0.25) is 18.6 Å². The SMILES string of the molecule is CC/C=C\C/C=C\C/C=C\C/C=C\C/C=C\C/C=C\C/C=C\C/C=C\C/C=C\C/C=C\C/C=C\C/C=C\CCCCC(=O)OC(COC(=O)CCCCCCCC/C=C\C/C=C\C/C=C\C/C=C\C/C=C\C/C=C\CC)COP(=O)(O)OCCN. The van der Waals surface area contributed by atoms with Crippen LogP contribution in [-0.2, 0) is 32.7 Å². The van der Waals surface area contributed by atoms with E-state index < -0.39 is 32.5 Å². The van der Waals surface area contributed by atoms with Crippen molar-refractivity contribution >= 4 is 19.8 Å². The zero-order chi connectivity index (χ0) is 61.6. The molecule has 0 saturated heterocycles. The van der Waals surface area contributed by atoms with Crippen LogP contribution in [0.5, 0.6) is 0 Å². The first-order valence-electron chi connectivity index (χ1n) is 32.2. The van der Waals surface area contributed by atoms with Gasteiger partial charge in [0.2, 0.25) is 0 Å². The molecule has 0 spiro atoms. The van der Waals surface area contributed by atoms with Gasteiger partial charge in [-0.25, -0.2) is 4.57 Å². The lowest BCUT2D eigenvalue weighted by Crippen LogP contribution is -2.29. The minimum atomic E-state index is -4.43. The number of nitrogens with two attached hydrogens (primary N) is 1. The van der Waals surface area contributed by atoms with Crippen LogP contribution in [0.4, 0.5) is 0 Å². The quantitative estimate of drug-likeness (QED) is 0.0264. The van der Waals surface area contributed by atoms with Crippen LogP contribution >= 0.6 is 7.82 Å². The lowest BCUT2D eigenvalue weighted by molar-refractivity contribution is -0.161. The number of hydrogen-bond donors (Lipinski definition) is 2. The first-order valence-corrected chi connectivity index (χ1v) is 33.7. The Morgan fingerprint density at radius 2 is 0.612 bits per heavy atom. The van der Waals surface area contributed by atoms with Crippen molar-refractivity contribution in [3.05, 3.63) is 219 Å². The maximum atomic E-state index is 12.7. The van der Waals surface area contributed by atoms with Crippen LogP contribution in [0, 0.1) is 0 Å². The Morgan fingerprint density at radius 1 is 0.353 bits per heavy atom. The first-order chi connectivity index (χ1) is 41.8. The summed E-state index contributed by atoms with van der Waals surface area (Å²) in [5.41, 5.74) is 5.38. The molecular formula is C75H114NO8P. The molecule has 0 aromatic heterocycles. The van der Waals surface area contributed by atoms with Gasteiger partial charge in [0.25, 0.3) is 0 Å². The molecule has 10 heteroatoms. The number of hydrogen-bond acceptors (Lipinski definition) is 8. The smallest absolute Gasteiger partial charge is 0.462 e. The Bertz CT molecular complexity index is 2190. The minimum absolute atomic E-state index is 0.0309. The second-order valence-electron chi connectivity index (χ2n) is 20.2. The van der Waals surface area contributed by atoms with Gasteiger partial charge in [-0.15, -0.1) is 0 Å². The van der Waals surface area contributed by atoms with Crippen molar-refractivity contribution in [2.24, 2.45) is 5.73 Å². The van der Waals surface area contributed by atoms with Gasteiger partial charge in [-0.05, 0) is 154 Å². The molecular weight excluding hydrogens is 1070 g/mol. The Kier molecular flexibility index (Phi) is 63.0. The molecule has 0 rings (SSSR count). The highest BCUT2D eigenvalue weighted by atomic mass is 31.2. The molecule has 3 N–H and O–H groups in total. The molecule has 0 aromatic rings. The zero-order valence-corrected chi connectivity index (χ0v) is 53.6. The van der Waals surface area contributed by atoms with Crippen molar-refractivity contribution in [2.75, 3.05) is 26.4 Å². The van der Waals surface area contributed by atoms with E-state index in [0.717, 1.165) is 167 Å². The van der Waals surface area contributed by atoms with Gasteiger partial charge in [0, 0.05) is 19.4 Å². The highest BCUT2D eigenvalue weighted by Crippen LogP contribution is 2.43. The molecule has 2 atom stereocenters. The first kappa shape index (κ1) is 79.3. The fourth-order valence-electron chi connectivity index (χ4n) is 7.68. The van der Waals surface area contributed by atoms with Crippen LogP contribution in [0.15, 0.2) is 219 Å². The van der Waals surface area contributed by atoms with Crippen molar-refractivity contribution in [1.29, 1.82) is 0 Å². The lowest BCUT2D eigenvalue weighted by atomic mass is 10.1. The molecule has 0 aliphatic heterocycles.